The fourth-order valence-corrected chi connectivity index (χ4v) is 9.25. The lowest BCUT2D eigenvalue weighted by molar-refractivity contribution is -0.124. The van der Waals surface area contributed by atoms with Crippen LogP contribution in [0.25, 0.3) is 0 Å². The van der Waals surface area contributed by atoms with Crippen LogP contribution in [0.4, 0.5) is 0 Å². The summed E-state index contributed by atoms with van der Waals surface area (Å²) in [7, 11) is 0. The maximum atomic E-state index is 13.0. The zero-order valence-corrected chi connectivity index (χ0v) is 40.2. The molecule has 1 aliphatic rings. The zero-order valence-electron chi connectivity index (χ0n) is 40.2. The third-order valence-corrected chi connectivity index (χ3v) is 12.9. The Labute approximate surface area is 368 Å². The van der Waals surface area contributed by atoms with Gasteiger partial charge >= 0.3 is 0 Å². The van der Waals surface area contributed by atoms with Crippen molar-refractivity contribution in [2.75, 3.05) is 19.6 Å². The van der Waals surface area contributed by atoms with Gasteiger partial charge in [0.1, 0.15) is 0 Å². The van der Waals surface area contributed by atoms with Crippen LogP contribution in [0.5, 0.6) is 0 Å². The minimum absolute atomic E-state index is 0.250. The molecule has 3 N–H and O–H groups in total. The third-order valence-electron chi connectivity index (χ3n) is 12.9. The largest absolute Gasteiger partial charge is 0.483 e. The van der Waals surface area contributed by atoms with Crippen LogP contribution in [-0.2, 0) is 14.4 Å². The fraction of sp³-hybridized carbons (Fsp3) is 0.942. The van der Waals surface area contributed by atoms with Gasteiger partial charge in [0, 0.05) is 6.04 Å². The van der Waals surface area contributed by atoms with E-state index in [9.17, 15) is 4.79 Å². The lowest BCUT2D eigenvalue weighted by atomic mass is 9.90. The first-order chi connectivity index (χ1) is 28.9. The highest BCUT2D eigenvalue weighted by molar-refractivity contribution is 5.78. The van der Waals surface area contributed by atoms with Gasteiger partial charge in [0.05, 0.1) is 6.54 Å². The van der Waals surface area contributed by atoms with Crippen LogP contribution in [0.15, 0.2) is 0 Å². The Kier molecular flexibility index (Phi) is 51.1. The molecule has 352 valence electrons. The summed E-state index contributed by atoms with van der Waals surface area (Å²) in [5.41, 5.74) is 0. The number of piperidine rings is 1. The molecule has 7 heteroatoms. The van der Waals surface area contributed by atoms with Gasteiger partial charge in [-0.25, -0.2) is 0 Å². The highest BCUT2D eigenvalue weighted by atomic mass is 16.3. The molecule has 1 saturated heterocycles. The van der Waals surface area contributed by atoms with Crippen molar-refractivity contribution in [1.29, 1.82) is 0 Å². The highest BCUT2D eigenvalue weighted by Gasteiger charge is 2.17. The van der Waals surface area contributed by atoms with E-state index in [1.54, 1.807) is 0 Å². The lowest BCUT2D eigenvalue weighted by Crippen LogP contribution is -2.43. The van der Waals surface area contributed by atoms with Gasteiger partial charge in [-0.05, 0) is 50.6 Å². The maximum absolute atomic E-state index is 13.0. The number of rotatable bonds is 41. The number of carbonyl (C=O) groups is 3. The van der Waals surface area contributed by atoms with Gasteiger partial charge in [-0.15, -0.1) is 0 Å². The number of carbonyl (C=O) groups excluding carboxylic acids is 1. The van der Waals surface area contributed by atoms with Gasteiger partial charge in [-0.1, -0.05) is 252 Å². The van der Waals surface area contributed by atoms with Crippen molar-refractivity contribution in [2.45, 2.75) is 284 Å². The second-order valence-electron chi connectivity index (χ2n) is 18.3. The average molecular weight is 837 g/mol. The normalized spacial score (nSPS) is 12.9. The smallest absolute Gasteiger partial charge is 0.290 e. The molecule has 0 atom stereocenters. The molecular weight excluding hydrogens is 733 g/mol. The van der Waals surface area contributed by atoms with Crippen molar-refractivity contribution in [2.24, 2.45) is 11.8 Å². The summed E-state index contributed by atoms with van der Waals surface area (Å²) in [6.07, 6.45) is 54.4. The van der Waals surface area contributed by atoms with Gasteiger partial charge in [0.25, 0.3) is 12.9 Å². The van der Waals surface area contributed by atoms with E-state index >= 15 is 0 Å². The molecule has 0 bridgehead atoms. The maximum Gasteiger partial charge on any atom is 0.290 e. The van der Waals surface area contributed by atoms with Gasteiger partial charge in [-0.3, -0.25) is 19.3 Å². The van der Waals surface area contributed by atoms with E-state index in [4.69, 9.17) is 19.8 Å². The van der Waals surface area contributed by atoms with E-state index in [1.807, 2.05) is 0 Å². The summed E-state index contributed by atoms with van der Waals surface area (Å²) >= 11 is 0. The van der Waals surface area contributed by atoms with Gasteiger partial charge < -0.3 is 15.5 Å². The molecule has 1 rings (SSSR count). The number of carboxylic acid groups (broad SMARTS) is 2. The van der Waals surface area contributed by atoms with Crippen molar-refractivity contribution in [3.05, 3.63) is 0 Å². The SMILES string of the molecule is CCCCCC(CCCCC)CCCCCCCCCCC(CCCCCCCCCCC(CCCCC)CCCCC)NC(=O)CN1CCCCC1.O=CO.O=CO. The number of unbranched alkanes of at least 4 members (excludes halogenated alkanes) is 22. The molecule has 0 aromatic rings. The summed E-state index contributed by atoms with van der Waals surface area (Å²) in [6, 6.07) is 0.387. The molecule has 0 saturated carbocycles. The minimum atomic E-state index is -0.250. The van der Waals surface area contributed by atoms with Crippen LogP contribution in [0.1, 0.15) is 278 Å². The van der Waals surface area contributed by atoms with E-state index < -0.39 is 0 Å². The zero-order chi connectivity index (χ0) is 43.7. The molecule has 1 fully saturated rings. The first kappa shape index (κ1) is 59.5. The number of nitrogens with one attached hydrogen (secondary N) is 1. The van der Waals surface area contributed by atoms with Crippen LogP contribution >= 0.6 is 0 Å². The lowest BCUT2D eigenvalue weighted by Gasteiger charge is -2.27. The Balaban J connectivity index is 0. The summed E-state index contributed by atoms with van der Waals surface area (Å²) in [5, 5.41) is 17.3. The predicted molar refractivity (Wildman–Crippen MR) is 255 cm³/mol. The highest BCUT2D eigenvalue weighted by Crippen LogP contribution is 2.26. The van der Waals surface area contributed by atoms with Gasteiger partial charge in [-0.2, -0.15) is 0 Å². The van der Waals surface area contributed by atoms with Crippen molar-refractivity contribution in [3.8, 4) is 0 Å². The standard InChI is InChI=1S/C50H100N2O.2CH2O2/c1-5-9-26-36-47(37-27-10-6-2)40-30-21-17-13-15-19-23-32-42-49(51-50(53)46-52-44-34-25-35-45-52)43-33-24-20-16-14-18-22-31-41-48(38-28-11-7-3)39-29-12-8-4;2*2-1-3/h47-49H,5-46H2,1-4H3,(H,51,53);2*1H,(H,2,3). The van der Waals surface area contributed by atoms with Crippen molar-refractivity contribution in [1.82, 2.24) is 10.2 Å². The first-order valence-electron chi connectivity index (χ1n) is 26.1. The predicted octanol–water partition coefficient (Wildman–Crippen LogP) is 15.7. The fourth-order valence-electron chi connectivity index (χ4n) is 9.25. The average Bonchev–Trinajstić information content (AvgIpc) is 3.22. The summed E-state index contributed by atoms with van der Waals surface area (Å²) in [4.78, 5) is 32.1. The molecule has 0 aromatic carbocycles. The van der Waals surface area contributed by atoms with Crippen LogP contribution in [0, 0.1) is 11.8 Å². The van der Waals surface area contributed by atoms with Crippen LogP contribution in [-0.4, -0.2) is 59.6 Å². The van der Waals surface area contributed by atoms with Crippen molar-refractivity contribution in [3.63, 3.8) is 0 Å². The summed E-state index contributed by atoms with van der Waals surface area (Å²) in [5.74, 6) is 2.28. The Bertz CT molecular complexity index is 766. The molecule has 59 heavy (non-hydrogen) atoms. The van der Waals surface area contributed by atoms with Gasteiger partial charge in [0.15, 0.2) is 0 Å². The molecule has 1 aliphatic heterocycles. The van der Waals surface area contributed by atoms with E-state index in [0.717, 1.165) is 24.9 Å². The molecule has 0 radical (unpaired) electrons. The van der Waals surface area contributed by atoms with E-state index in [-0.39, 0.29) is 18.9 Å². The van der Waals surface area contributed by atoms with Crippen LogP contribution < -0.4 is 5.32 Å². The number of nitrogens with zero attached hydrogens (tertiary/aromatic N) is 1. The first-order valence-corrected chi connectivity index (χ1v) is 26.1. The van der Waals surface area contributed by atoms with Gasteiger partial charge in [0.2, 0.25) is 5.91 Å². The van der Waals surface area contributed by atoms with Crippen LogP contribution in [0.3, 0.4) is 0 Å². The molecule has 0 aliphatic carbocycles. The molecule has 0 spiro atoms. The summed E-state index contributed by atoms with van der Waals surface area (Å²) < 4.78 is 0. The van der Waals surface area contributed by atoms with E-state index in [1.165, 1.54) is 250 Å². The second-order valence-corrected chi connectivity index (χ2v) is 18.3. The monoisotopic (exact) mass is 837 g/mol. The Morgan fingerprint density at radius 2 is 0.695 bits per heavy atom. The van der Waals surface area contributed by atoms with Crippen molar-refractivity contribution >= 4 is 18.9 Å². The Morgan fingerprint density at radius 1 is 0.441 bits per heavy atom. The number of likely N-dealkylation sites (tertiary alicyclic amines) is 1. The number of hydrogen-bond donors (Lipinski definition) is 3. The topological polar surface area (TPSA) is 107 Å². The molecule has 1 amide bonds. The van der Waals surface area contributed by atoms with E-state index in [0.29, 0.717) is 12.6 Å². The Hall–Kier alpha value is -1.63. The second kappa shape index (κ2) is 50.7. The van der Waals surface area contributed by atoms with Crippen molar-refractivity contribution < 1.29 is 24.6 Å². The number of hydrogen-bond acceptors (Lipinski definition) is 4. The molecule has 0 aromatic heterocycles. The molecule has 0 unspecified atom stereocenters. The summed E-state index contributed by atoms with van der Waals surface area (Å²) in [6.45, 7) is 11.7. The van der Waals surface area contributed by atoms with E-state index in [2.05, 4.69) is 37.9 Å². The minimum Gasteiger partial charge on any atom is -0.483 e. The molecule has 1 heterocycles. The quantitative estimate of drug-likeness (QED) is 0.0418. The molecule has 7 nitrogen and oxygen atoms in total. The molecular formula is C52H104N2O5. The third kappa shape index (κ3) is 45.7. The van der Waals surface area contributed by atoms with Crippen LogP contribution in [0.2, 0.25) is 0 Å². The number of amides is 1. The Morgan fingerprint density at radius 3 is 0.983 bits per heavy atom.